The summed E-state index contributed by atoms with van der Waals surface area (Å²) in [5, 5.41) is 3.11. The fraction of sp³-hybridized carbons (Fsp3) is 1.00. The van der Waals surface area contributed by atoms with Crippen LogP contribution in [-0.4, -0.2) is 33.0 Å². The van der Waals surface area contributed by atoms with Gasteiger partial charge in [-0.25, -0.2) is 8.42 Å². The molecule has 0 bridgehead atoms. The predicted octanol–water partition coefficient (Wildman–Crippen LogP) is 1.84. The van der Waals surface area contributed by atoms with Gasteiger partial charge in [-0.15, -0.1) is 0 Å². The number of rotatable bonds is 8. The fourth-order valence-corrected chi connectivity index (χ4v) is 3.48. The standard InChI is InChI=1S/C11H25NO2S/c1-5-7-8-15(13,14)9-11(12-4)10(3)6-2/h10-12H,5-9H2,1-4H3. The van der Waals surface area contributed by atoms with Crippen LogP contribution in [0.4, 0.5) is 0 Å². The molecule has 0 rings (SSSR count). The van der Waals surface area contributed by atoms with Gasteiger partial charge in [0.25, 0.3) is 0 Å². The molecule has 0 aliphatic carbocycles. The first kappa shape index (κ1) is 14.9. The molecule has 3 nitrogen and oxygen atoms in total. The second-order valence-electron chi connectivity index (χ2n) is 4.25. The van der Waals surface area contributed by atoms with Crippen LogP contribution in [0, 0.1) is 5.92 Å². The van der Waals surface area contributed by atoms with Crippen molar-refractivity contribution in [2.24, 2.45) is 5.92 Å². The molecule has 0 amide bonds. The van der Waals surface area contributed by atoms with Crippen LogP contribution in [0.2, 0.25) is 0 Å². The highest BCUT2D eigenvalue weighted by atomic mass is 32.2. The normalized spacial score (nSPS) is 16.3. The average Bonchev–Trinajstić information content (AvgIpc) is 2.22. The molecule has 2 atom stereocenters. The van der Waals surface area contributed by atoms with E-state index in [4.69, 9.17) is 0 Å². The Morgan fingerprint density at radius 3 is 2.27 bits per heavy atom. The van der Waals surface area contributed by atoms with Gasteiger partial charge in [0.1, 0.15) is 0 Å². The van der Waals surface area contributed by atoms with Crippen LogP contribution in [0.5, 0.6) is 0 Å². The Morgan fingerprint density at radius 2 is 1.87 bits per heavy atom. The van der Waals surface area contributed by atoms with Gasteiger partial charge >= 0.3 is 0 Å². The first-order chi connectivity index (χ1) is 6.96. The molecule has 0 fully saturated rings. The summed E-state index contributed by atoms with van der Waals surface area (Å²) in [5.74, 6) is 1.02. The lowest BCUT2D eigenvalue weighted by Gasteiger charge is -2.22. The predicted molar refractivity (Wildman–Crippen MR) is 65.9 cm³/mol. The van der Waals surface area contributed by atoms with Gasteiger partial charge in [-0.2, -0.15) is 0 Å². The minimum absolute atomic E-state index is 0.0943. The van der Waals surface area contributed by atoms with E-state index in [1.54, 1.807) is 0 Å². The molecule has 0 radical (unpaired) electrons. The van der Waals surface area contributed by atoms with E-state index in [0.29, 0.717) is 11.7 Å². The van der Waals surface area contributed by atoms with Crippen LogP contribution in [0.15, 0.2) is 0 Å². The van der Waals surface area contributed by atoms with E-state index in [1.165, 1.54) is 0 Å². The van der Waals surface area contributed by atoms with E-state index in [9.17, 15) is 8.42 Å². The molecule has 0 aromatic rings. The van der Waals surface area contributed by atoms with Gasteiger partial charge in [-0.05, 0) is 19.4 Å². The highest BCUT2D eigenvalue weighted by Crippen LogP contribution is 2.10. The van der Waals surface area contributed by atoms with Crippen LogP contribution < -0.4 is 5.32 Å². The Labute approximate surface area is 94.6 Å². The number of hydrogen-bond donors (Lipinski definition) is 1. The summed E-state index contributed by atoms with van der Waals surface area (Å²) in [6, 6.07) is 0.0943. The van der Waals surface area contributed by atoms with Gasteiger partial charge < -0.3 is 5.32 Å². The number of sulfone groups is 1. The van der Waals surface area contributed by atoms with Gasteiger partial charge in [0.2, 0.25) is 0 Å². The van der Waals surface area contributed by atoms with E-state index >= 15 is 0 Å². The summed E-state index contributed by atoms with van der Waals surface area (Å²) in [4.78, 5) is 0. The van der Waals surface area contributed by atoms with Crippen LogP contribution in [0.25, 0.3) is 0 Å². The zero-order valence-corrected chi connectivity index (χ0v) is 11.2. The van der Waals surface area contributed by atoms with Crippen LogP contribution in [0.1, 0.15) is 40.0 Å². The van der Waals surface area contributed by atoms with Crippen LogP contribution in [-0.2, 0) is 9.84 Å². The SMILES string of the molecule is CCCCS(=O)(=O)CC(NC)C(C)CC. The summed E-state index contributed by atoms with van der Waals surface area (Å²) in [5.41, 5.74) is 0. The van der Waals surface area contributed by atoms with Crippen molar-refractivity contribution in [3.63, 3.8) is 0 Å². The molecule has 15 heavy (non-hydrogen) atoms. The van der Waals surface area contributed by atoms with Gasteiger partial charge in [-0.1, -0.05) is 33.6 Å². The van der Waals surface area contributed by atoms with Crippen LogP contribution >= 0.6 is 0 Å². The molecule has 0 aliphatic heterocycles. The Morgan fingerprint density at radius 1 is 1.27 bits per heavy atom. The minimum Gasteiger partial charge on any atom is -0.316 e. The Kier molecular flexibility index (Phi) is 7.18. The van der Waals surface area contributed by atoms with E-state index in [2.05, 4.69) is 19.2 Å². The highest BCUT2D eigenvalue weighted by Gasteiger charge is 2.21. The quantitative estimate of drug-likeness (QED) is 0.698. The third-order valence-electron chi connectivity index (χ3n) is 2.94. The second-order valence-corrected chi connectivity index (χ2v) is 6.48. The second kappa shape index (κ2) is 7.23. The Balaban J connectivity index is 4.27. The summed E-state index contributed by atoms with van der Waals surface area (Å²) in [6.07, 6.45) is 2.72. The van der Waals surface area contributed by atoms with E-state index in [-0.39, 0.29) is 11.8 Å². The Bertz CT molecular complexity index is 249. The van der Waals surface area contributed by atoms with Gasteiger partial charge in [-0.3, -0.25) is 0 Å². The molecule has 0 spiro atoms. The molecule has 0 heterocycles. The zero-order chi connectivity index (χ0) is 11.9. The van der Waals surface area contributed by atoms with Crippen molar-refractivity contribution in [2.75, 3.05) is 18.6 Å². The van der Waals surface area contributed by atoms with Crippen molar-refractivity contribution in [1.82, 2.24) is 5.32 Å². The molecule has 0 saturated carbocycles. The third kappa shape index (κ3) is 6.15. The minimum atomic E-state index is -2.87. The van der Waals surface area contributed by atoms with Gasteiger partial charge in [0, 0.05) is 6.04 Å². The molecule has 0 aromatic carbocycles. The first-order valence-electron chi connectivity index (χ1n) is 5.84. The lowest BCUT2D eigenvalue weighted by Crippen LogP contribution is -2.39. The molecular weight excluding hydrogens is 210 g/mol. The monoisotopic (exact) mass is 235 g/mol. The molecule has 4 heteroatoms. The van der Waals surface area contributed by atoms with E-state index < -0.39 is 9.84 Å². The van der Waals surface area contributed by atoms with Crippen molar-refractivity contribution in [3.8, 4) is 0 Å². The molecule has 1 N–H and O–H groups in total. The number of hydrogen-bond acceptors (Lipinski definition) is 3. The smallest absolute Gasteiger partial charge is 0.151 e. The molecular formula is C11H25NO2S. The zero-order valence-electron chi connectivity index (χ0n) is 10.4. The summed E-state index contributed by atoms with van der Waals surface area (Å²) >= 11 is 0. The highest BCUT2D eigenvalue weighted by molar-refractivity contribution is 7.91. The molecule has 0 saturated heterocycles. The number of nitrogens with one attached hydrogen (secondary N) is 1. The maximum atomic E-state index is 11.7. The lowest BCUT2D eigenvalue weighted by molar-refractivity contribution is 0.413. The average molecular weight is 235 g/mol. The van der Waals surface area contributed by atoms with E-state index in [1.807, 2.05) is 14.0 Å². The summed E-state index contributed by atoms with van der Waals surface area (Å²) in [7, 11) is -1.03. The van der Waals surface area contributed by atoms with Gasteiger partial charge in [0.15, 0.2) is 9.84 Å². The molecule has 0 aromatic heterocycles. The maximum absolute atomic E-state index is 11.7. The van der Waals surface area contributed by atoms with Crippen molar-refractivity contribution in [2.45, 2.75) is 46.1 Å². The fourth-order valence-electron chi connectivity index (χ4n) is 1.54. The molecule has 2 unspecified atom stereocenters. The lowest BCUT2D eigenvalue weighted by atomic mass is 10.0. The molecule has 0 aliphatic rings. The molecule has 92 valence electrons. The van der Waals surface area contributed by atoms with Crippen molar-refractivity contribution in [1.29, 1.82) is 0 Å². The van der Waals surface area contributed by atoms with E-state index in [0.717, 1.165) is 19.3 Å². The van der Waals surface area contributed by atoms with Crippen molar-refractivity contribution in [3.05, 3.63) is 0 Å². The Hall–Kier alpha value is -0.0900. The van der Waals surface area contributed by atoms with Gasteiger partial charge in [0.05, 0.1) is 11.5 Å². The largest absolute Gasteiger partial charge is 0.316 e. The van der Waals surface area contributed by atoms with Crippen LogP contribution in [0.3, 0.4) is 0 Å². The van der Waals surface area contributed by atoms with Crippen molar-refractivity contribution >= 4 is 9.84 Å². The third-order valence-corrected chi connectivity index (χ3v) is 4.72. The number of unbranched alkanes of at least 4 members (excludes halogenated alkanes) is 1. The first-order valence-corrected chi connectivity index (χ1v) is 7.66. The topological polar surface area (TPSA) is 46.2 Å². The summed E-state index contributed by atoms with van der Waals surface area (Å²) < 4.78 is 23.5. The maximum Gasteiger partial charge on any atom is 0.151 e. The van der Waals surface area contributed by atoms with Crippen molar-refractivity contribution < 1.29 is 8.42 Å². The summed E-state index contributed by atoms with van der Waals surface area (Å²) in [6.45, 7) is 6.20.